The summed E-state index contributed by atoms with van der Waals surface area (Å²) in [5, 5.41) is 9.62. The first kappa shape index (κ1) is 26.3. The third kappa shape index (κ3) is 5.56. The Hall–Kier alpha value is -3.36. The van der Waals surface area contributed by atoms with Crippen molar-refractivity contribution in [2.24, 2.45) is 0 Å². The first-order valence-corrected chi connectivity index (χ1v) is 13.8. The second kappa shape index (κ2) is 11.6. The van der Waals surface area contributed by atoms with Crippen molar-refractivity contribution in [1.82, 2.24) is 24.6 Å². The fourth-order valence-electron chi connectivity index (χ4n) is 4.74. The lowest BCUT2D eigenvalue weighted by Crippen LogP contribution is -2.38. The molecule has 0 spiro atoms. The summed E-state index contributed by atoms with van der Waals surface area (Å²) in [4.78, 5) is 27.1. The number of carbonyl (C=O) groups excluding carboxylic acids is 1. The maximum Gasteiger partial charge on any atom is 0.321 e. The van der Waals surface area contributed by atoms with Crippen LogP contribution in [0.15, 0.2) is 48.5 Å². The fourth-order valence-corrected chi connectivity index (χ4v) is 5.04. The highest BCUT2D eigenvalue weighted by Crippen LogP contribution is 2.30. The van der Waals surface area contributed by atoms with Gasteiger partial charge in [-0.05, 0) is 50.1 Å². The number of aryl methyl sites for hydroxylation is 2. The molecule has 2 aromatic carbocycles. The molecule has 0 aliphatic carbocycles. The van der Waals surface area contributed by atoms with Crippen molar-refractivity contribution in [2.75, 3.05) is 36.4 Å². The number of nitrogens with one attached hydrogen (secondary N) is 1. The molecule has 3 heterocycles. The van der Waals surface area contributed by atoms with Gasteiger partial charge in [0.25, 0.3) is 0 Å². The number of hydrogen-bond acceptors (Lipinski definition) is 5. The van der Waals surface area contributed by atoms with Crippen molar-refractivity contribution in [3.05, 3.63) is 70.1 Å². The molecule has 0 atom stereocenters. The summed E-state index contributed by atoms with van der Waals surface area (Å²) in [5.74, 6) is 1.72. The molecule has 2 amide bonds. The van der Waals surface area contributed by atoms with E-state index in [0.29, 0.717) is 35.4 Å². The van der Waals surface area contributed by atoms with Crippen LogP contribution in [-0.4, -0.2) is 56.9 Å². The Morgan fingerprint density at radius 3 is 2.58 bits per heavy atom. The van der Waals surface area contributed by atoms with Crippen LogP contribution in [0.1, 0.15) is 37.7 Å². The smallest absolute Gasteiger partial charge is 0.321 e. The molecule has 1 aliphatic heterocycles. The van der Waals surface area contributed by atoms with Gasteiger partial charge in [0.05, 0.1) is 26.8 Å². The highest BCUT2D eigenvalue weighted by Gasteiger charge is 2.25. The summed E-state index contributed by atoms with van der Waals surface area (Å²) in [7, 11) is 0. The number of hydrogen-bond donors (Lipinski definition) is 1. The predicted octanol–water partition coefficient (Wildman–Crippen LogP) is 6.52. The zero-order valence-corrected chi connectivity index (χ0v) is 23.1. The van der Waals surface area contributed by atoms with Gasteiger partial charge >= 0.3 is 6.03 Å². The molecule has 4 aromatic rings. The van der Waals surface area contributed by atoms with Gasteiger partial charge in [0.15, 0.2) is 5.65 Å². The molecular formula is C28H31Cl2N7O. The normalized spacial score (nSPS) is 14.1. The van der Waals surface area contributed by atoms with Crippen LogP contribution in [-0.2, 0) is 6.42 Å². The van der Waals surface area contributed by atoms with Crippen LogP contribution < -0.4 is 10.2 Å². The fraction of sp³-hybridized carbons (Fsp3) is 0.357. The molecule has 1 N–H and O–H groups in total. The van der Waals surface area contributed by atoms with Gasteiger partial charge in [-0.15, -0.1) is 0 Å². The second-order valence-corrected chi connectivity index (χ2v) is 10.3. The van der Waals surface area contributed by atoms with E-state index in [1.807, 2.05) is 46.8 Å². The maximum atomic E-state index is 13.0. The number of para-hydroxylation sites is 1. The Balaban J connectivity index is 1.42. The van der Waals surface area contributed by atoms with Gasteiger partial charge < -0.3 is 15.1 Å². The van der Waals surface area contributed by atoms with Gasteiger partial charge in [-0.3, -0.25) is 0 Å². The van der Waals surface area contributed by atoms with Crippen LogP contribution in [0.25, 0.3) is 16.7 Å². The number of carbonyl (C=O) groups is 1. The first-order valence-electron chi connectivity index (χ1n) is 13.0. The van der Waals surface area contributed by atoms with Crippen LogP contribution in [0.3, 0.4) is 0 Å². The van der Waals surface area contributed by atoms with Crippen LogP contribution in [0, 0.1) is 6.92 Å². The number of amides is 2. The summed E-state index contributed by atoms with van der Waals surface area (Å²) >= 11 is 12.1. The van der Waals surface area contributed by atoms with E-state index in [1.54, 1.807) is 18.2 Å². The Morgan fingerprint density at radius 1 is 1.00 bits per heavy atom. The number of anilines is 2. The lowest BCUT2D eigenvalue weighted by atomic mass is 10.2. The van der Waals surface area contributed by atoms with Gasteiger partial charge in [-0.1, -0.05) is 54.7 Å². The van der Waals surface area contributed by atoms with Crippen molar-refractivity contribution < 1.29 is 4.79 Å². The highest BCUT2D eigenvalue weighted by atomic mass is 35.5. The summed E-state index contributed by atoms with van der Waals surface area (Å²) in [5.41, 5.74) is 3.30. The van der Waals surface area contributed by atoms with Crippen LogP contribution in [0.4, 0.5) is 16.3 Å². The zero-order valence-electron chi connectivity index (χ0n) is 21.6. The van der Waals surface area contributed by atoms with Crippen LogP contribution in [0.5, 0.6) is 0 Å². The molecule has 0 bridgehead atoms. The summed E-state index contributed by atoms with van der Waals surface area (Å²) in [6.07, 6.45) is 3.72. The molecule has 38 heavy (non-hydrogen) atoms. The minimum absolute atomic E-state index is 0.158. The van der Waals surface area contributed by atoms with E-state index in [2.05, 4.69) is 17.1 Å². The number of aromatic nitrogens is 4. The second-order valence-electron chi connectivity index (χ2n) is 9.49. The van der Waals surface area contributed by atoms with Crippen molar-refractivity contribution >= 4 is 51.8 Å². The van der Waals surface area contributed by atoms with E-state index < -0.39 is 0 Å². The Bertz CT molecular complexity index is 1440. The quantitative estimate of drug-likeness (QED) is 0.295. The van der Waals surface area contributed by atoms with E-state index in [4.69, 9.17) is 38.3 Å². The van der Waals surface area contributed by atoms with Crippen LogP contribution in [0.2, 0.25) is 10.0 Å². The van der Waals surface area contributed by atoms with E-state index in [-0.39, 0.29) is 6.03 Å². The molecule has 0 radical (unpaired) electrons. The number of urea groups is 1. The molecule has 1 saturated heterocycles. The highest BCUT2D eigenvalue weighted by molar-refractivity contribution is 6.42. The van der Waals surface area contributed by atoms with Gasteiger partial charge in [-0.2, -0.15) is 5.10 Å². The maximum absolute atomic E-state index is 13.0. The largest absolute Gasteiger partial charge is 0.354 e. The lowest BCUT2D eigenvalue weighted by molar-refractivity contribution is 0.215. The molecule has 2 aromatic heterocycles. The monoisotopic (exact) mass is 551 g/mol. The minimum atomic E-state index is -0.158. The van der Waals surface area contributed by atoms with Gasteiger partial charge in [-0.25, -0.2) is 19.4 Å². The van der Waals surface area contributed by atoms with Crippen molar-refractivity contribution in [3.8, 4) is 5.69 Å². The number of fused-ring (bicyclic) bond motifs is 1. The predicted molar refractivity (Wildman–Crippen MR) is 154 cm³/mol. The molecule has 198 valence electrons. The molecule has 10 heteroatoms. The molecule has 0 unspecified atom stereocenters. The number of rotatable bonds is 6. The molecular weight excluding hydrogens is 521 g/mol. The van der Waals surface area contributed by atoms with E-state index in [9.17, 15) is 4.79 Å². The van der Waals surface area contributed by atoms with Crippen molar-refractivity contribution in [2.45, 2.75) is 39.5 Å². The average molecular weight is 553 g/mol. The number of unbranched alkanes of at least 4 members (excludes halogenated alkanes) is 1. The summed E-state index contributed by atoms with van der Waals surface area (Å²) in [6.45, 7) is 6.83. The van der Waals surface area contributed by atoms with E-state index in [0.717, 1.165) is 66.3 Å². The lowest BCUT2D eigenvalue weighted by Gasteiger charge is -2.24. The Morgan fingerprint density at radius 2 is 1.82 bits per heavy atom. The molecule has 1 fully saturated rings. The third-order valence-electron chi connectivity index (χ3n) is 6.74. The summed E-state index contributed by atoms with van der Waals surface area (Å²) < 4.78 is 1.92. The Kier molecular flexibility index (Phi) is 8.00. The SMILES string of the molecule is CCCCc1nc(N2CCCN(C(=O)Nc3ccc(Cl)c(Cl)c3)CC2)c2c(C)nn(-c3ccccc3)c2n1. The molecule has 8 nitrogen and oxygen atoms in total. The van der Waals surface area contributed by atoms with Gasteiger partial charge in [0, 0.05) is 38.3 Å². The summed E-state index contributed by atoms with van der Waals surface area (Å²) in [6, 6.07) is 15.0. The Labute approximate surface area is 232 Å². The third-order valence-corrected chi connectivity index (χ3v) is 7.48. The van der Waals surface area contributed by atoms with Crippen molar-refractivity contribution in [1.29, 1.82) is 0 Å². The molecule has 1 aliphatic rings. The zero-order chi connectivity index (χ0) is 26.6. The number of halogens is 2. The standard InChI is InChI=1S/C28H31Cl2N7O/c1-3-4-11-24-32-26(25-19(2)34-37(27(25)33-24)21-9-6-5-7-10-21)35-14-8-15-36(17-16-35)28(38)31-20-12-13-22(29)23(30)18-20/h5-7,9-10,12-13,18H,3-4,8,11,14-17H2,1-2H3,(H,31,38). The number of benzene rings is 2. The van der Waals surface area contributed by atoms with Gasteiger partial charge in [0.2, 0.25) is 0 Å². The first-order chi connectivity index (χ1) is 18.4. The minimum Gasteiger partial charge on any atom is -0.354 e. The topological polar surface area (TPSA) is 79.2 Å². The van der Waals surface area contributed by atoms with E-state index >= 15 is 0 Å². The molecule has 5 rings (SSSR count). The average Bonchev–Trinajstić information content (AvgIpc) is 3.09. The van der Waals surface area contributed by atoms with Gasteiger partial charge in [0.1, 0.15) is 11.6 Å². The molecule has 0 saturated carbocycles. The van der Waals surface area contributed by atoms with E-state index in [1.165, 1.54) is 0 Å². The number of nitrogens with zero attached hydrogens (tertiary/aromatic N) is 6. The van der Waals surface area contributed by atoms with Crippen LogP contribution >= 0.6 is 23.2 Å². The van der Waals surface area contributed by atoms with Crippen molar-refractivity contribution in [3.63, 3.8) is 0 Å².